The molecule has 10 heteroatoms. The van der Waals surface area contributed by atoms with Gasteiger partial charge in [-0.1, -0.05) is 11.6 Å². The second kappa shape index (κ2) is 7.96. The van der Waals surface area contributed by atoms with Gasteiger partial charge in [-0.3, -0.25) is 10.4 Å². The van der Waals surface area contributed by atoms with Crippen molar-refractivity contribution >= 4 is 45.7 Å². The van der Waals surface area contributed by atoms with Crippen LogP contribution in [0.1, 0.15) is 5.56 Å². The van der Waals surface area contributed by atoms with Gasteiger partial charge in [-0.25, -0.2) is 29.3 Å². The lowest BCUT2D eigenvalue weighted by Crippen LogP contribution is -2.32. The van der Waals surface area contributed by atoms with E-state index in [9.17, 15) is 4.39 Å². The molecule has 31 heavy (non-hydrogen) atoms. The smallest absolute Gasteiger partial charge is 0.249 e. The van der Waals surface area contributed by atoms with Crippen LogP contribution in [0.3, 0.4) is 0 Å². The van der Waals surface area contributed by atoms with E-state index in [1.807, 2.05) is 30.6 Å². The zero-order valence-corrected chi connectivity index (χ0v) is 16.6. The summed E-state index contributed by atoms with van der Waals surface area (Å²) < 4.78 is 13.5. The van der Waals surface area contributed by atoms with Crippen molar-refractivity contribution in [2.24, 2.45) is 0 Å². The number of hydrazine groups is 1. The summed E-state index contributed by atoms with van der Waals surface area (Å²) in [5, 5.41) is 4.79. The van der Waals surface area contributed by atoms with Gasteiger partial charge >= 0.3 is 0 Å². The van der Waals surface area contributed by atoms with E-state index in [1.54, 1.807) is 29.7 Å². The summed E-state index contributed by atoms with van der Waals surface area (Å²) in [6.07, 6.45) is 12.1. The van der Waals surface area contributed by atoms with E-state index >= 15 is 0 Å². The molecule has 2 N–H and O–H groups in total. The van der Waals surface area contributed by atoms with Crippen LogP contribution in [0, 0.1) is 5.82 Å². The lowest BCUT2D eigenvalue weighted by Gasteiger charge is -2.22. The first kappa shape index (κ1) is 18.9. The molecule has 0 saturated heterocycles. The lowest BCUT2D eigenvalue weighted by molar-refractivity contribution is 0.628. The number of allylic oxidation sites excluding steroid dienone is 2. The minimum Gasteiger partial charge on any atom is -0.338 e. The number of hydrogen-bond donors (Lipinski definition) is 2. The van der Waals surface area contributed by atoms with E-state index in [1.165, 1.54) is 18.5 Å². The lowest BCUT2D eigenvalue weighted by atomic mass is 10.1. The molecule has 0 unspecified atom stereocenters. The molecule has 0 fully saturated rings. The Balaban J connectivity index is 1.43. The largest absolute Gasteiger partial charge is 0.338 e. The van der Waals surface area contributed by atoms with Crippen LogP contribution in [0.2, 0.25) is 5.02 Å². The summed E-state index contributed by atoms with van der Waals surface area (Å²) in [5.41, 5.74) is 6.83. The summed E-state index contributed by atoms with van der Waals surface area (Å²) >= 11 is 5.88. The minimum absolute atomic E-state index is 0.0121. The maximum atomic E-state index is 13.5. The Labute approximate surface area is 181 Å². The van der Waals surface area contributed by atoms with Gasteiger partial charge < -0.3 is 5.32 Å². The number of halogens is 2. The van der Waals surface area contributed by atoms with Crippen LogP contribution >= 0.6 is 11.6 Å². The fraction of sp³-hybridized carbons (Fsp3) is 0. The molecule has 0 atom stereocenters. The van der Waals surface area contributed by atoms with Crippen LogP contribution in [0.5, 0.6) is 0 Å². The normalized spacial score (nSPS) is 13.1. The van der Waals surface area contributed by atoms with E-state index in [0.717, 1.165) is 11.1 Å². The second-order valence-corrected chi connectivity index (χ2v) is 6.94. The summed E-state index contributed by atoms with van der Waals surface area (Å²) in [6, 6.07) is 8.18. The number of anilines is 3. The van der Waals surface area contributed by atoms with Crippen LogP contribution in [0.4, 0.5) is 21.8 Å². The molecule has 1 aromatic carbocycles. The fourth-order valence-corrected chi connectivity index (χ4v) is 3.18. The average Bonchev–Trinajstić information content (AvgIpc) is 2.82. The number of benzene rings is 1. The van der Waals surface area contributed by atoms with Crippen LogP contribution in [0.25, 0.3) is 16.6 Å². The van der Waals surface area contributed by atoms with Crippen molar-refractivity contribution in [3.63, 3.8) is 0 Å². The Morgan fingerprint density at radius 3 is 2.71 bits per heavy atom. The van der Waals surface area contributed by atoms with Crippen molar-refractivity contribution in [3.05, 3.63) is 90.1 Å². The van der Waals surface area contributed by atoms with Gasteiger partial charge in [-0.15, -0.1) is 0 Å². The van der Waals surface area contributed by atoms with E-state index in [0.29, 0.717) is 28.5 Å². The Hall–Kier alpha value is -4.11. The van der Waals surface area contributed by atoms with Crippen LogP contribution in [0.15, 0.2) is 73.7 Å². The van der Waals surface area contributed by atoms with Crippen molar-refractivity contribution in [1.29, 1.82) is 0 Å². The van der Waals surface area contributed by atoms with Gasteiger partial charge in [-0.05, 0) is 42.0 Å². The van der Waals surface area contributed by atoms with Gasteiger partial charge in [0.15, 0.2) is 5.82 Å². The maximum absolute atomic E-state index is 13.5. The van der Waals surface area contributed by atoms with Gasteiger partial charge in [0, 0.05) is 36.1 Å². The van der Waals surface area contributed by atoms with Crippen LogP contribution < -0.4 is 15.8 Å². The number of hydrogen-bond acceptors (Lipinski definition) is 8. The third-order valence-electron chi connectivity index (χ3n) is 4.54. The highest BCUT2D eigenvalue weighted by Crippen LogP contribution is 2.26. The van der Waals surface area contributed by atoms with E-state index in [4.69, 9.17) is 11.6 Å². The molecule has 0 aliphatic carbocycles. The van der Waals surface area contributed by atoms with Crippen LogP contribution in [-0.2, 0) is 0 Å². The SMILES string of the molecule is Fc1ccc(Nc2ncnc3cnc(N4C=CC(c5ccncc5)=CN4)nc23)cc1Cl. The Morgan fingerprint density at radius 1 is 1.06 bits per heavy atom. The summed E-state index contributed by atoms with van der Waals surface area (Å²) in [6.45, 7) is 0. The monoisotopic (exact) mass is 432 g/mol. The fourth-order valence-electron chi connectivity index (χ4n) is 3.00. The Kier molecular flexibility index (Phi) is 4.85. The first-order chi connectivity index (χ1) is 15.2. The number of nitrogens with zero attached hydrogens (tertiary/aromatic N) is 6. The average molecular weight is 433 g/mol. The molecule has 0 radical (unpaired) electrons. The number of fused-ring (bicyclic) bond motifs is 1. The molecule has 0 saturated carbocycles. The molecule has 4 aromatic rings. The van der Waals surface area contributed by atoms with Gasteiger partial charge in [0.25, 0.3) is 0 Å². The molecule has 4 heterocycles. The van der Waals surface area contributed by atoms with E-state index in [2.05, 4.69) is 35.7 Å². The third-order valence-corrected chi connectivity index (χ3v) is 4.83. The van der Waals surface area contributed by atoms with Gasteiger partial charge in [0.1, 0.15) is 23.2 Å². The van der Waals surface area contributed by atoms with Gasteiger partial charge in [0.05, 0.1) is 11.2 Å². The molecule has 1 aliphatic rings. The topological polar surface area (TPSA) is 91.8 Å². The molecule has 1 aliphatic heterocycles. The molecule has 3 aromatic heterocycles. The molecular weight excluding hydrogens is 419 g/mol. The maximum Gasteiger partial charge on any atom is 0.249 e. The van der Waals surface area contributed by atoms with E-state index in [-0.39, 0.29) is 5.02 Å². The van der Waals surface area contributed by atoms with Crippen molar-refractivity contribution in [1.82, 2.24) is 30.3 Å². The Morgan fingerprint density at radius 2 is 1.94 bits per heavy atom. The number of aromatic nitrogens is 5. The summed E-state index contributed by atoms with van der Waals surface area (Å²) in [4.78, 5) is 21.5. The molecule has 8 nitrogen and oxygen atoms in total. The van der Waals surface area contributed by atoms with Crippen molar-refractivity contribution in [3.8, 4) is 0 Å². The molecule has 0 amide bonds. The highest BCUT2D eigenvalue weighted by molar-refractivity contribution is 6.31. The highest BCUT2D eigenvalue weighted by Gasteiger charge is 2.14. The third kappa shape index (κ3) is 3.86. The molecular formula is C21H14ClFN8. The van der Waals surface area contributed by atoms with Crippen molar-refractivity contribution in [2.75, 3.05) is 10.3 Å². The first-order valence-corrected chi connectivity index (χ1v) is 9.59. The van der Waals surface area contributed by atoms with Gasteiger partial charge in [0.2, 0.25) is 5.95 Å². The molecule has 0 spiro atoms. The summed E-state index contributed by atoms with van der Waals surface area (Å²) in [7, 11) is 0. The molecule has 5 rings (SSSR count). The zero-order chi connectivity index (χ0) is 21.2. The van der Waals surface area contributed by atoms with Crippen molar-refractivity contribution < 1.29 is 4.39 Å². The summed E-state index contributed by atoms with van der Waals surface area (Å²) in [5.74, 6) is 0.362. The molecule has 152 valence electrons. The number of pyridine rings is 1. The number of nitrogens with one attached hydrogen (secondary N) is 2. The quantitative estimate of drug-likeness (QED) is 0.495. The zero-order valence-electron chi connectivity index (χ0n) is 15.9. The minimum atomic E-state index is -0.494. The highest BCUT2D eigenvalue weighted by atomic mass is 35.5. The second-order valence-electron chi connectivity index (χ2n) is 6.53. The molecule has 0 bridgehead atoms. The first-order valence-electron chi connectivity index (χ1n) is 9.21. The Bertz CT molecular complexity index is 1330. The van der Waals surface area contributed by atoms with E-state index < -0.39 is 5.82 Å². The van der Waals surface area contributed by atoms with Crippen molar-refractivity contribution in [2.45, 2.75) is 0 Å². The standard InChI is InChI=1S/C21H14ClFN8/c22-16-9-15(1-2-17(16)23)29-20-19-18(26-12-27-20)11-25-21(30-19)31-8-5-14(10-28-31)13-3-6-24-7-4-13/h1-12,28H,(H,26,27,29). The van der Waals surface area contributed by atoms with Gasteiger partial charge in [-0.2, -0.15) is 0 Å². The predicted molar refractivity (Wildman–Crippen MR) is 117 cm³/mol. The van der Waals surface area contributed by atoms with Crippen LogP contribution in [-0.4, -0.2) is 24.9 Å². The predicted octanol–water partition coefficient (Wildman–Crippen LogP) is 4.23. The number of rotatable bonds is 4.